The number of nitrogens with one attached hydrogen (secondary N) is 1. The van der Waals surface area contributed by atoms with E-state index in [1.807, 2.05) is 19.1 Å². The van der Waals surface area contributed by atoms with Crippen LogP contribution in [0.1, 0.15) is 25.3 Å². The van der Waals surface area contributed by atoms with E-state index in [1.54, 1.807) is 13.2 Å². The van der Waals surface area contributed by atoms with Crippen LogP contribution in [-0.4, -0.2) is 50.2 Å². The van der Waals surface area contributed by atoms with Gasteiger partial charge in [-0.15, -0.1) is 0 Å². The van der Waals surface area contributed by atoms with Crippen LogP contribution in [0.15, 0.2) is 18.2 Å². The van der Waals surface area contributed by atoms with Crippen LogP contribution in [0.25, 0.3) is 0 Å². The van der Waals surface area contributed by atoms with Crippen LogP contribution in [0.2, 0.25) is 0 Å². The highest BCUT2D eigenvalue weighted by Gasteiger charge is 2.33. The van der Waals surface area contributed by atoms with Crippen LogP contribution < -0.4 is 14.9 Å². The smallest absolute Gasteiger partial charge is 0.311 e. The second-order valence-corrected chi connectivity index (χ2v) is 5.88. The Morgan fingerprint density at radius 3 is 2.69 bits per heavy atom. The van der Waals surface area contributed by atoms with Gasteiger partial charge in [0.15, 0.2) is 11.5 Å². The van der Waals surface area contributed by atoms with Gasteiger partial charge in [0.1, 0.15) is 0 Å². The molecule has 1 aromatic rings. The maximum Gasteiger partial charge on any atom is 0.311 e. The van der Waals surface area contributed by atoms with Crippen molar-refractivity contribution in [2.75, 3.05) is 27.4 Å². The van der Waals surface area contributed by atoms with Crippen molar-refractivity contribution >= 4 is 17.8 Å². The first-order valence-electron chi connectivity index (χ1n) is 8.45. The van der Waals surface area contributed by atoms with Gasteiger partial charge in [0.05, 0.1) is 33.3 Å². The number of hydrogen-bond acceptors (Lipinski definition) is 6. The number of rotatable bonds is 7. The molecule has 26 heavy (non-hydrogen) atoms. The van der Waals surface area contributed by atoms with Gasteiger partial charge in [-0.05, 0) is 31.0 Å². The Balaban J connectivity index is 1.97. The number of aryl methyl sites for hydroxylation is 1. The van der Waals surface area contributed by atoms with E-state index in [0.717, 1.165) is 5.56 Å². The van der Waals surface area contributed by atoms with E-state index in [0.29, 0.717) is 24.5 Å². The summed E-state index contributed by atoms with van der Waals surface area (Å²) in [5.74, 6) is -0.511. The zero-order valence-corrected chi connectivity index (χ0v) is 15.2. The Morgan fingerprint density at radius 2 is 2.04 bits per heavy atom. The number of amides is 2. The summed E-state index contributed by atoms with van der Waals surface area (Å²) in [6.45, 7) is 2.54. The summed E-state index contributed by atoms with van der Waals surface area (Å²) in [4.78, 5) is 35.8. The summed E-state index contributed by atoms with van der Waals surface area (Å²) < 4.78 is 15.4. The minimum atomic E-state index is -0.636. The van der Waals surface area contributed by atoms with E-state index in [-0.39, 0.29) is 31.2 Å². The average Bonchev–Trinajstić information content (AvgIpc) is 2.65. The fourth-order valence-corrected chi connectivity index (χ4v) is 2.77. The first-order chi connectivity index (χ1) is 12.5. The van der Waals surface area contributed by atoms with Gasteiger partial charge in [-0.3, -0.25) is 24.8 Å². The molecule has 2 rings (SSSR count). The Kier molecular flexibility index (Phi) is 6.82. The molecular weight excluding hydrogens is 340 g/mol. The van der Waals surface area contributed by atoms with Crippen molar-refractivity contribution in [1.82, 2.24) is 10.4 Å². The summed E-state index contributed by atoms with van der Waals surface area (Å²) in [5.41, 5.74) is 3.41. The van der Waals surface area contributed by atoms with Crippen LogP contribution in [0.3, 0.4) is 0 Å². The first kappa shape index (κ1) is 19.6. The molecule has 1 saturated heterocycles. The van der Waals surface area contributed by atoms with Gasteiger partial charge in [0, 0.05) is 12.8 Å². The molecule has 8 heteroatoms. The van der Waals surface area contributed by atoms with Crippen LogP contribution in [0, 0.1) is 5.92 Å². The highest BCUT2D eigenvalue weighted by molar-refractivity contribution is 5.88. The fourth-order valence-electron chi connectivity index (χ4n) is 2.77. The van der Waals surface area contributed by atoms with Gasteiger partial charge in [-0.25, -0.2) is 0 Å². The van der Waals surface area contributed by atoms with Gasteiger partial charge in [0.25, 0.3) is 0 Å². The quantitative estimate of drug-likeness (QED) is 0.728. The summed E-state index contributed by atoms with van der Waals surface area (Å²) >= 11 is 0. The van der Waals surface area contributed by atoms with E-state index in [9.17, 15) is 14.4 Å². The zero-order valence-electron chi connectivity index (χ0n) is 15.2. The fraction of sp³-hybridized carbons (Fsp3) is 0.500. The summed E-state index contributed by atoms with van der Waals surface area (Å²) in [5, 5.41) is 1.19. The number of esters is 1. The third-order valence-electron chi connectivity index (χ3n) is 4.09. The molecule has 0 saturated carbocycles. The molecule has 1 N–H and O–H groups in total. The molecule has 1 aliphatic rings. The predicted molar refractivity (Wildman–Crippen MR) is 92.5 cm³/mol. The topological polar surface area (TPSA) is 94.2 Å². The van der Waals surface area contributed by atoms with Crippen LogP contribution in [-0.2, 0) is 25.5 Å². The van der Waals surface area contributed by atoms with E-state index >= 15 is 0 Å². The Hall–Kier alpha value is -2.77. The van der Waals surface area contributed by atoms with Crippen molar-refractivity contribution in [3.05, 3.63) is 23.8 Å². The number of carbonyl (C=O) groups excluding carboxylic acids is 3. The first-order valence-corrected chi connectivity index (χ1v) is 8.45. The SMILES string of the molecule is CCOc1ccc(CCC(=O)N2CC(C(=O)OC)CC(=O)N2)cc1OC. The minimum Gasteiger partial charge on any atom is -0.493 e. The average molecular weight is 364 g/mol. The summed E-state index contributed by atoms with van der Waals surface area (Å²) in [6.07, 6.45) is 0.675. The molecule has 1 atom stereocenters. The lowest BCUT2D eigenvalue weighted by Gasteiger charge is -2.31. The molecule has 1 aliphatic heterocycles. The van der Waals surface area contributed by atoms with Crippen LogP contribution in [0.5, 0.6) is 11.5 Å². The molecule has 0 aromatic heterocycles. The van der Waals surface area contributed by atoms with Gasteiger partial charge in [0.2, 0.25) is 11.8 Å². The number of hydrazine groups is 1. The number of hydrogen-bond donors (Lipinski definition) is 1. The largest absolute Gasteiger partial charge is 0.493 e. The number of benzene rings is 1. The van der Waals surface area contributed by atoms with Crippen molar-refractivity contribution in [3.63, 3.8) is 0 Å². The molecule has 0 bridgehead atoms. The maximum atomic E-state index is 12.4. The number of ether oxygens (including phenoxy) is 3. The molecule has 2 amide bonds. The Bertz CT molecular complexity index is 676. The predicted octanol–water partition coefficient (Wildman–Crippen LogP) is 1.08. The van der Waals surface area contributed by atoms with E-state index in [4.69, 9.17) is 9.47 Å². The van der Waals surface area contributed by atoms with Crippen molar-refractivity contribution in [2.45, 2.75) is 26.2 Å². The van der Waals surface area contributed by atoms with Crippen LogP contribution in [0.4, 0.5) is 0 Å². The lowest BCUT2D eigenvalue weighted by molar-refractivity contribution is -0.156. The van der Waals surface area contributed by atoms with Gasteiger partial charge in [-0.2, -0.15) is 0 Å². The molecule has 142 valence electrons. The van der Waals surface area contributed by atoms with Gasteiger partial charge < -0.3 is 14.2 Å². The molecular formula is C18H24N2O6. The summed E-state index contributed by atoms with van der Waals surface area (Å²) in [7, 11) is 2.82. The molecule has 1 heterocycles. The van der Waals surface area contributed by atoms with E-state index < -0.39 is 11.9 Å². The molecule has 1 aromatic carbocycles. The maximum absolute atomic E-state index is 12.4. The second kappa shape index (κ2) is 9.07. The van der Waals surface area contributed by atoms with Crippen molar-refractivity contribution in [1.29, 1.82) is 0 Å². The van der Waals surface area contributed by atoms with Crippen molar-refractivity contribution in [3.8, 4) is 11.5 Å². The number of methoxy groups -OCH3 is 2. The number of nitrogens with zero attached hydrogens (tertiary/aromatic N) is 1. The molecule has 8 nitrogen and oxygen atoms in total. The summed E-state index contributed by atoms with van der Waals surface area (Å²) in [6, 6.07) is 5.50. The third kappa shape index (κ3) is 4.87. The normalized spacial score (nSPS) is 16.7. The van der Waals surface area contributed by atoms with Crippen LogP contribution >= 0.6 is 0 Å². The molecule has 1 unspecified atom stereocenters. The number of carbonyl (C=O) groups is 3. The highest BCUT2D eigenvalue weighted by atomic mass is 16.5. The monoisotopic (exact) mass is 364 g/mol. The van der Waals surface area contributed by atoms with E-state index in [2.05, 4.69) is 10.2 Å². The second-order valence-electron chi connectivity index (χ2n) is 5.88. The minimum absolute atomic E-state index is 0.0204. The Morgan fingerprint density at radius 1 is 1.27 bits per heavy atom. The lowest BCUT2D eigenvalue weighted by atomic mass is 10.0. The molecule has 1 fully saturated rings. The molecule has 0 aliphatic carbocycles. The van der Waals surface area contributed by atoms with Crippen molar-refractivity contribution in [2.24, 2.45) is 5.92 Å². The standard InChI is InChI=1S/C18H24N2O6/c1-4-26-14-7-5-12(9-15(14)24-2)6-8-17(22)20-11-13(18(23)25-3)10-16(21)19-20/h5,7,9,13H,4,6,8,10-11H2,1-3H3,(H,19,21). The van der Waals surface area contributed by atoms with Crippen molar-refractivity contribution < 1.29 is 28.6 Å². The lowest BCUT2D eigenvalue weighted by Crippen LogP contribution is -2.54. The van der Waals surface area contributed by atoms with Gasteiger partial charge in [-0.1, -0.05) is 6.07 Å². The molecule has 0 spiro atoms. The Labute approximate surface area is 152 Å². The molecule has 0 radical (unpaired) electrons. The highest BCUT2D eigenvalue weighted by Crippen LogP contribution is 2.28. The zero-order chi connectivity index (χ0) is 19.1. The third-order valence-corrected chi connectivity index (χ3v) is 4.09. The van der Waals surface area contributed by atoms with Gasteiger partial charge >= 0.3 is 5.97 Å². The van der Waals surface area contributed by atoms with E-state index in [1.165, 1.54) is 12.1 Å².